The summed E-state index contributed by atoms with van der Waals surface area (Å²) in [6.45, 7) is 0.800. The van der Waals surface area contributed by atoms with Gasteiger partial charge in [0, 0.05) is 21.5 Å². The summed E-state index contributed by atoms with van der Waals surface area (Å²) < 4.78 is 38.2. The van der Waals surface area contributed by atoms with Crippen molar-refractivity contribution in [1.82, 2.24) is 9.29 Å². The Balaban J connectivity index is 0.00000176. The van der Waals surface area contributed by atoms with Crippen LogP contribution in [0.3, 0.4) is 0 Å². The number of fused-ring (bicyclic) bond motifs is 1. The first-order valence-corrected chi connectivity index (χ1v) is 13.8. The molecule has 1 saturated heterocycles. The summed E-state index contributed by atoms with van der Waals surface area (Å²) in [5.41, 5.74) is 1.64. The number of hydrogen-bond donors (Lipinski definition) is 2. The molecule has 196 valence electrons. The molecular formula is C27H31N3O6S. The number of nitrogens with zero attached hydrogens (tertiary/aromatic N) is 2. The largest absolute Gasteiger partial charge is 0.454 e. The Morgan fingerprint density at radius 3 is 2.49 bits per heavy atom. The first-order valence-electron chi connectivity index (χ1n) is 12.3. The van der Waals surface area contributed by atoms with E-state index in [1.165, 1.54) is 4.31 Å². The number of rotatable bonds is 6. The summed E-state index contributed by atoms with van der Waals surface area (Å²) in [6, 6.07) is 17.6. The summed E-state index contributed by atoms with van der Waals surface area (Å²) in [7, 11) is -3.62. The molecule has 2 fully saturated rings. The molecule has 3 aliphatic rings. The van der Waals surface area contributed by atoms with E-state index in [4.69, 9.17) is 9.47 Å². The fourth-order valence-electron chi connectivity index (χ4n) is 4.90. The topological polar surface area (TPSA) is 118 Å². The maximum Gasteiger partial charge on any atom is 0.243 e. The van der Waals surface area contributed by atoms with Crippen molar-refractivity contribution in [3.8, 4) is 22.8 Å². The lowest BCUT2D eigenvalue weighted by Crippen LogP contribution is -2.39. The molecule has 0 radical (unpaired) electrons. The molecule has 0 bridgehead atoms. The number of pyridine rings is 1. The lowest BCUT2D eigenvalue weighted by Gasteiger charge is -2.28. The van der Waals surface area contributed by atoms with Gasteiger partial charge in [0.05, 0.1) is 22.1 Å². The van der Waals surface area contributed by atoms with Crippen LogP contribution in [0.5, 0.6) is 11.5 Å². The number of carbonyl (C=O) groups is 1. The van der Waals surface area contributed by atoms with E-state index in [1.54, 1.807) is 30.3 Å². The van der Waals surface area contributed by atoms with Crippen molar-refractivity contribution >= 4 is 21.7 Å². The number of aliphatic hydroxyl groups excluding tert-OH is 1. The van der Waals surface area contributed by atoms with Crippen molar-refractivity contribution < 1.29 is 30.6 Å². The second-order valence-electron chi connectivity index (χ2n) is 9.67. The molecule has 10 heteroatoms. The summed E-state index contributed by atoms with van der Waals surface area (Å²) in [5.74, 6) is 1.64. The van der Waals surface area contributed by atoms with Crippen LogP contribution >= 0.6 is 0 Å². The Morgan fingerprint density at radius 1 is 1.03 bits per heavy atom. The van der Waals surface area contributed by atoms with Gasteiger partial charge in [-0.25, -0.2) is 13.4 Å². The van der Waals surface area contributed by atoms with E-state index in [-0.39, 0.29) is 20.4 Å². The molecule has 9 nitrogen and oxygen atoms in total. The van der Waals surface area contributed by atoms with Gasteiger partial charge in [-0.05, 0) is 67.6 Å². The number of aromatic nitrogens is 1. The van der Waals surface area contributed by atoms with E-state index in [9.17, 15) is 18.3 Å². The minimum absolute atomic E-state index is 0. The zero-order chi connectivity index (χ0) is 25.6. The minimum atomic E-state index is -3.62. The number of carbonyl (C=O) groups excluding carboxylic acids is 1. The van der Waals surface area contributed by atoms with Gasteiger partial charge in [-0.3, -0.25) is 4.79 Å². The van der Waals surface area contributed by atoms with Gasteiger partial charge in [-0.1, -0.05) is 24.3 Å². The highest BCUT2D eigenvalue weighted by Gasteiger charge is 2.51. The Bertz CT molecular complexity index is 1460. The average molecular weight is 526 g/mol. The summed E-state index contributed by atoms with van der Waals surface area (Å²) >= 11 is 0. The van der Waals surface area contributed by atoms with E-state index in [2.05, 4.69) is 10.3 Å². The van der Waals surface area contributed by atoms with Crippen molar-refractivity contribution in [3.05, 3.63) is 66.2 Å². The zero-order valence-electron chi connectivity index (χ0n) is 20.1. The minimum Gasteiger partial charge on any atom is -0.454 e. The third kappa shape index (κ3) is 4.45. The summed E-state index contributed by atoms with van der Waals surface area (Å²) in [4.78, 5) is 18.1. The Hall–Kier alpha value is -3.47. The normalized spacial score (nSPS) is 18.9. The van der Waals surface area contributed by atoms with Gasteiger partial charge in [-0.2, -0.15) is 4.31 Å². The van der Waals surface area contributed by atoms with Gasteiger partial charge in [-0.15, -0.1) is 0 Å². The number of sulfonamides is 1. The Kier molecular flexibility index (Phi) is 5.89. The monoisotopic (exact) mass is 525 g/mol. The van der Waals surface area contributed by atoms with Gasteiger partial charge in [0.1, 0.15) is 5.82 Å². The third-order valence-electron chi connectivity index (χ3n) is 7.31. The Morgan fingerprint density at radius 2 is 1.76 bits per heavy atom. The van der Waals surface area contributed by atoms with Crippen molar-refractivity contribution in [2.75, 3.05) is 25.2 Å². The number of ether oxygens (including phenoxy) is 2. The highest BCUT2D eigenvalue weighted by Crippen LogP contribution is 2.51. The van der Waals surface area contributed by atoms with Crippen molar-refractivity contribution in [3.63, 3.8) is 0 Å². The smallest absolute Gasteiger partial charge is 0.243 e. The van der Waals surface area contributed by atoms with Gasteiger partial charge in [0.25, 0.3) is 0 Å². The van der Waals surface area contributed by atoms with Crippen LogP contribution in [0, 0.1) is 0 Å². The van der Waals surface area contributed by atoms with Crippen LogP contribution in [0.15, 0.2) is 65.6 Å². The maximum absolute atomic E-state index is 13.3. The van der Waals surface area contributed by atoms with Gasteiger partial charge >= 0.3 is 0 Å². The fourth-order valence-corrected chi connectivity index (χ4v) is 6.37. The zero-order valence-corrected chi connectivity index (χ0v) is 20.9. The quantitative estimate of drug-likeness (QED) is 0.503. The molecule has 0 spiro atoms. The second-order valence-corrected chi connectivity index (χ2v) is 11.6. The predicted molar refractivity (Wildman–Crippen MR) is 140 cm³/mol. The number of hydrogen-bond acceptors (Lipinski definition) is 7. The molecule has 3 aromatic rings. The van der Waals surface area contributed by atoms with Crippen LogP contribution in [0.1, 0.15) is 34.1 Å². The van der Waals surface area contributed by atoms with Crippen LogP contribution in [0.4, 0.5) is 5.82 Å². The molecule has 0 unspecified atom stereocenters. The summed E-state index contributed by atoms with van der Waals surface area (Å²) in [6.07, 6.45) is 1.92. The van der Waals surface area contributed by atoms with E-state index in [0.717, 1.165) is 24.0 Å². The molecule has 2 N–H and O–H groups in total. The summed E-state index contributed by atoms with van der Waals surface area (Å²) in [5, 5.41) is 12.6. The lowest BCUT2D eigenvalue weighted by molar-refractivity contribution is -0.118. The van der Waals surface area contributed by atoms with Crippen LogP contribution in [0.2, 0.25) is 0 Å². The van der Waals surface area contributed by atoms with Crippen LogP contribution in [-0.4, -0.2) is 54.7 Å². The third-order valence-corrected chi connectivity index (χ3v) is 9.22. The van der Waals surface area contributed by atoms with Crippen LogP contribution in [0.25, 0.3) is 11.3 Å². The molecule has 2 aromatic carbocycles. The first-order chi connectivity index (χ1) is 17.8. The van der Waals surface area contributed by atoms with Crippen molar-refractivity contribution in [2.24, 2.45) is 0 Å². The molecule has 1 saturated carbocycles. The van der Waals surface area contributed by atoms with Crippen molar-refractivity contribution in [2.45, 2.75) is 42.1 Å². The molecule has 3 heterocycles. The molecule has 0 atom stereocenters. The fraction of sp³-hybridized carbons (Fsp3) is 0.333. The van der Waals surface area contributed by atoms with Gasteiger partial charge in [0.2, 0.25) is 22.7 Å². The predicted octanol–water partition coefficient (Wildman–Crippen LogP) is 3.79. The molecule has 2 aliphatic heterocycles. The van der Waals surface area contributed by atoms with E-state index >= 15 is 0 Å². The van der Waals surface area contributed by atoms with E-state index in [1.807, 2.05) is 30.3 Å². The highest BCUT2D eigenvalue weighted by atomic mass is 32.2. The van der Waals surface area contributed by atoms with Crippen LogP contribution < -0.4 is 14.8 Å². The van der Waals surface area contributed by atoms with E-state index in [0.29, 0.717) is 48.9 Å². The molecule has 1 amide bonds. The SMILES string of the molecule is O=C(Nc1cccc(-c2ccc(S(=O)(=O)N3CCC(O)CC3)cc2)n1)C1(c2ccc3c(c2)OCO3)CC1.[HH].[HH]. The molecule has 1 aromatic heterocycles. The number of amides is 1. The average Bonchev–Trinajstić information content (AvgIpc) is 3.60. The molecule has 6 rings (SSSR count). The van der Waals surface area contributed by atoms with Crippen molar-refractivity contribution in [1.29, 1.82) is 0 Å². The highest BCUT2D eigenvalue weighted by molar-refractivity contribution is 7.89. The van der Waals surface area contributed by atoms with Crippen LogP contribution in [-0.2, 0) is 20.2 Å². The lowest BCUT2D eigenvalue weighted by atomic mass is 9.94. The molecule has 1 aliphatic carbocycles. The second kappa shape index (κ2) is 9.13. The number of aliphatic hydroxyl groups is 1. The number of piperidine rings is 1. The Labute approximate surface area is 218 Å². The number of nitrogens with one attached hydrogen (secondary N) is 1. The number of benzene rings is 2. The first kappa shape index (κ1) is 23.9. The molecule has 37 heavy (non-hydrogen) atoms. The van der Waals surface area contributed by atoms with Gasteiger partial charge in [0.15, 0.2) is 11.5 Å². The number of anilines is 1. The molecular weight excluding hydrogens is 494 g/mol. The maximum atomic E-state index is 13.3. The standard InChI is InChI=1S/C27H27N3O6S.2H2/c31-20-10-14-30(15-11-20)37(33,34)21-7-4-18(5-8-21)22-2-1-3-25(28-22)29-26(32)27(12-13-27)19-6-9-23-24(16-19)36-17-35-23;;/h1-9,16,20,31H,10-15,17H2,(H,28,29,32);2*1H. The van der Waals surface area contributed by atoms with Gasteiger partial charge < -0.3 is 19.9 Å². The van der Waals surface area contributed by atoms with E-state index < -0.39 is 21.5 Å².